The first-order valence-corrected chi connectivity index (χ1v) is 5.33. The van der Waals surface area contributed by atoms with E-state index in [0.717, 1.165) is 19.5 Å². The molecular formula is C10H15N3O2. The predicted molar refractivity (Wildman–Crippen MR) is 52.3 cm³/mol. The molecule has 1 aromatic heterocycles. The molecule has 3 heterocycles. The largest absolute Gasteiger partial charge is 0.367 e. The van der Waals surface area contributed by atoms with Gasteiger partial charge < -0.3 is 9.26 Å². The SMILES string of the molecule is COC1(c2nc(C)no2)CN2CCC1C2. The molecule has 0 aliphatic carbocycles. The van der Waals surface area contributed by atoms with Crippen LogP contribution in [-0.2, 0) is 10.3 Å². The Hall–Kier alpha value is -0.940. The van der Waals surface area contributed by atoms with Gasteiger partial charge in [-0.15, -0.1) is 0 Å². The lowest BCUT2D eigenvalue weighted by molar-refractivity contribution is -0.0740. The van der Waals surface area contributed by atoms with Gasteiger partial charge in [0.25, 0.3) is 5.89 Å². The molecule has 0 spiro atoms. The molecule has 1 aromatic rings. The van der Waals surface area contributed by atoms with Crippen molar-refractivity contribution in [3.8, 4) is 0 Å². The molecule has 5 nitrogen and oxygen atoms in total. The fourth-order valence-electron chi connectivity index (χ4n) is 2.85. The summed E-state index contributed by atoms with van der Waals surface area (Å²) in [6.45, 7) is 4.98. The molecule has 3 unspecified atom stereocenters. The molecule has 2 bridgehead atoms. The van der Waals surface area contributed by atoms with E-state index in [2.05, 4.69) is 15.0 Å². The van der Waals surface area contributed by atoms with Gasteiger partial charge in [0, 0.05) is 26.1 Å². The topological polar surface area (TPSA) is 51.4 Å². The van der Waals surface area contributed by atoms with Crippen molar-refractivity contribution in [2.45, 2.75) is 18.9 Å². The molecule has 0 amide bonds. The van der Waals surface area contributed by atoms with Crippen LogP contribution in [-0.4, -0.2) is 41.8 Å². The number of methoxy groups -OCH3 is 1. The van der Waals surface area contributed by atoms with Crippen molar-refractivity contribution in [3.63, 3.8) is 0 Å². The van der Waals surface area contributed by atoms with Crippen LogP contribution >= 0.6 is 0 Å². The van der Waals surface area contributed by atoms with Gasteiger partial charge in [0.05, 0.1) is 0 Å². The first-order valence-electron chi connectivity index (χ1n) is 5.33. The Morgan fingerprint density at radius 2 is 2.47 bits per heavy atom. The number of hydrogen-bond donors (Lipinski definition) is 0. The van der Waals surface area contributed by atoms with Crippen LogP contribution in [0.25, 0.3) is 0 Å². The van der Waals surface area contributed by atoms with Gasteiger partial charge in [0.15, 0.2) is 11.4 Å². The highest BCUT2D eigenvalue weighted by Gasteiger charge is 2.55. The predicted octanol–water partition coefficient (Wildman–Crippen LogP) is 0.555. The minimum atomic E-state index is -0.348. The van der Waals surface area contributed by atoms with E-state index in [0.29, 0.717) is 17.6 Å². The van der Waals surface area contributed by atoms with Gasteiger partial charge in [-0.1, -0.05) is 5.16 Å². The van der Waals surface area contributed by atoms with E-state index < -0.39 is 0 Å². The first-order chi connectivity index (χ1) is 7.24. The van der Waals surface area contributed by atoms with Gasteiger partial charge in [0.2, 0.25) is 0 Å². The monoisotopic (exact) mass is 209 g/mol. The van der Waals surface area contributed by atoms with Crippen LogP contribution in [0.5, 0.6) is 0 Å². The van der Waals surface area contributed by atoms with Gasteiger partial charge >= 0.3 is 0 Å². The van der Waals surface area contributed by atoms with E-state index in [1.54, 1.807) is 7.11 Å². The molecule has 3 rings (SSSR count). The molecule has 0 N–H and O–H groups in total. The lowest BCUT2D eigenvalue weighted by atomic mass is 9.87. The number of nitrogens with zero attached hydrogens (tertiary/aromatic N) is 3. The van der Waals surface area contributed by atoms with Crippen LogP contribution in [0.2, 0.25) is 0 Å². The fourth-order valence-corrected chi connectivity index (χ4v) is 2.85. The Kier molecular flexibility index (Phi) is 1.87. The Morgan fingerprint density at radius 3 is 2.93 bits per heavy atom. The molecule has 2 fully saturated rings. The van der Waals surface area contributed by atoms with E-state index in [4.69, 9.17) is 9.26 Å². The normalized spacial score (nSPS) is 38.8. The molecule has 5 heteroatoms. The third-order valence-corrected chi connectivity index (χ3v) is 3.64. The summed E-state index contributed by atoms with van der Waals surface area (Å²) in [4.78, 5) is 6.72. The van der Waals surface area contributed by atoms with Crippen LogP contribution in [0.4, 0.5) is 0 Å². The number of rotatable bonds is 2. The van der Waals surface area contributed by atoms with Crippen molar-refractivity contribution in [2.75, 3.05) is 26.7 Å². The highest BCUT2D eigenvalue weighted by atomic mass is 16.5. The van der Waals surface area contributed by atoms with Crippen LogP contribution in [0.15, 0.2) is 4.52 Å². The second-order valence-electron chi connectivity index (χ2n) is 4.46. The molecule has 15 heavy (non-hydrogen) atoms. The van der Waals surface area contributed by atoms with Gasteiger partial charge in [-0.3, -0.25) is 4.90 Å². The average Bonchev–Trinajstić information content (AvgIpc) is 2.91. The number of aryl methyl sites for hydroxylation is 1. The number of piperidine rings is 1. The zero-order valence-corrected chi connectivity index (χ0v) is 9.06. The highest BCUT2D eigenvalue weighted by Crippen LogP contribution is 2.44. The van der Waals surface area contributed by atoms with Crippen molar-refractivity contribution in [3.05, 3.63) is 11.7 Å². The quantitative estimate of drug-likeness (QED) is 0.712. The highest BCUT2D eigenvalue weighted by molar-refractivity contribution is 5.11. The Balaban J connectivity index is 2.00. The molecular weight excluding hydrogens is 194 g/mol. The number of aromatic nitrogens is 2. The van der Waals surface area contributed by atoms with Crippen molar-refractivity contribution < 1.29 is 9.26 Å². The van der Waals surface area contributed by atoms with Crippen molar-refractivity contribution in [1.29, 1.82) is 0 Å². The summed E-state index contributed by atoms with van der Waals surface area (Å²) in [5, 5.41) is 3.85. The zero-order valence-electron chi connectivity index (χ0n) is 9.06. The summed E-state index contributed by atoms with van der Waals surface area (Å²) in [6, 6.07) is 0. The molecule has 2 saturated heterocycles. The second-order valence-corrected chi connectivity index (χ2v) is 4.46. The van der Waals surface area contributed by atoms with Crippen LogP contribution in [0.1, 0.15) is 18.1 Å². The molecule has 2 aliphatic rings. The summed E-state index contributed by atoms with van der Waals surface area (Å²) >= 11 is 0. The van der Waals surface area contributed by atoms with Crippen LogP contribution < -0.4 is 0 Å². The summed E-state index contributed by atoms with van der Waals surface area (Å²) in [6.07, 6.45) is 1.16. The maximum absolute atomic E-state index is 5.69. The smallest absolute Gasteiger partial charge is 0.260 e. The average molecular weight is 209 g/mol. The van der Waals surface area contributed by atoms with E-state index in [9.17, 15) is 0 Å². The van der Waals surface area contributed by atoms with E-state index in [1.165, 1.54) is 6.54 Å². The van der Waals surface area contributed by atoms with E-state index in [-0.39, 0.29) is 5.60 Å². The fraction of sp³-hybridized carbons (Fsp3) is 0.800. The second kappa shape index (κ2) is 3.02. The van der Waals surface area contributed by atoms with Gasteiger partial charge in [-0.05, 0) is 19.9 Å². The Morgan fingerprint density at radius 1 is 1.60 bits per heavy atom. The number of fused-ring (bicyclic) bond motifs is 2. The van der Waals surface area contributed by atoms with Crippen LogP contribution in [0, 0.1) is 12.8 Å². The van der Waals surface area contributed by atoms with Crippen LogP contribution in [0.3, 0.4) is 0 Å². The standard InChI is InChI=1S/C10H15N3O2/c1-7-11-9(15-12-7)10(14-2)6-13-4-3-8(10)5-13/h8H,3-6H2,1-2H3. The maximum atomic E-state index is 5.69. The number of ether oxygens (including phenoxy) is 1. The minimum Gasteiger partial charge on any atom is -0.367 e. The summed E-state index contributed by atoms with van der Waals surface area (Å²) in [5.74, 6) is 1.83. The molecule has 0 aromatic carbocycles. The molecule has 82 valence electrons. The van der Waals surface area contributed by atoms with Crippen molar-refractivity contribution in [1.82, 2.24) is 15.0 Å². The third-order valence-electron chi connectivity index (χ3n) is 3.64. The Labute approximate surface area is 88.4 Å². The summed E-state index contributed by atoms with van der Waals surface area (Å²) in [7, 11) is 1.74. The number of hydrogen-bond acceptors (Lipinski definition) is 5. The van der Waals surface area contributed by atoms with Gasteiger partial charge in [-0.25, -0.2) is 0 Å². The zero-order chi connectivity index (χ0) is 10.5. The molecule has 2 aliphatic heterocycles. The van der Waals surface area contributed by atoms with Crippen molar-refractivity contribution in [2.24, 2.45) is 5.92 Å². The molecule has 0 radical (unpaired) electrons. The summed E-state index contributed by atoms with van der Waals surface area (Å²) in [5.41, 5.74) is -0.348. The van der Waals surface area contributed by atoms with E-state index in [1.807, 2.05) is 6.92 Å². The third kappa shape index (κ3) is 1.16. The van der Waals surface area contributed by atoms with Crippen molar-refractivity contribution >= 4 is 0 Å². The Bertz CT molecular complexity index is 378. The lowest BCUT2D eigenvalue weighted by Gasteiger charge is -2.32. The lowest BCUT2D eigenvalue weighted by Crippen LogP contribution is -2.41. The molecule has 3 atom stereocenters. The maximum Gasteiger partial charge on any atom is 0.260 e. The molecule has 0 saturated carbocycles. The first kappa shape index (κ1) is 9.30. The summed E-state index contributed by atoms with van der Waals surface area (Å²) < 4.78 is 11.0. The van der Waals surface area contributed by atoms with E-state index >= 15 is 0 Å². The van der Waals surface area contributed by atoms with Gasteiger partial charge in [0.1, 0.15) is 0 Å². The van der Waals surface area contributed by atoms with Gasteiger partial charge in [-0.2, -0.15) is 4.98 Å². The minimum absolute atomic E-state index is 0.348.